The number of carbonyl (C=O) groups is 1. The second-order valence-corrected chi connectivity index (χ2v) is 6.91. The molecule has 3 heteroatoms. The number of carbonyl (C=O) groups excluding carboxylic acids is 1. The zero-order valence-corrected chi connectivity index (χ0v) is 13.4. The molecule has 0 spiro atoms. The summed E-state index contributed by atoms with van der Waals surface area (Å²) in [5.74, 6) is 1.64. The van der Waals surface area contributed by atoms with Crippen molar-refractivity contribution in [2.75, 3.05) is 11.9 Å². The minimum atomic E-state index is -0.218. The summed E-state index contributed by atoms with van der Waals surface area (Å²) < 4.78 is 0. The van der Waals surface area contributed by atoms with E-state index in [1.165, 1.54) is 24.8 Å². The Balaban J connectivity index is 1.60. The van der Waals surface area contributed by atoms with Crippen LogP contribution < -0.4 is 5.32 Å². The Kier molecular flexibility index (Phi) is 4.16. The zero-order valence-electron chi connectivity index (χ0n) is 11.8. The number of hydrogen-bond acceptors (Lipinski definition) is 1. The van der Waals surface area contributed by atoms with Gasteiger partial charge in [0.05, 0.1) is 5.41 Å². The topological polar surface area (TPSA) is 29.1 Å². The molecule has 2 unspecified atom stereocenters. The summed E-state index contributed by atoms with van der Waals surface area (Å²) in [7, 11) is 0. The second-order valence-electron chi connectivity index (χ2n) is 6.26. The largest absolute Gasteiger partial charge is 0.355 e. The second kappa shape index (κ2) is 5.88. The molecule has 2 nitrogen and oxygen atoms in total. The van der Waals surface area contributed by atoms with Gasteiger partial charge < -0.3 is 5.32 Å². The van der Waals surface area contributed by atoms with Gasteiger partial charge in [-0.1, -0.05) is 52.7 Å². The first kappa shape index (κ1) is 14.1. The van der Waals surface area contributed by atoms with E-state index in [0.29, 0.717) is 5.92 Å². The normalized spacial score (nSPS) is 27.2. The van der Waals surface area contributed by atoms with Crippen LogP contribution in [0.1, 0.15) is 37.7 Å². The first-order valence-electron chi connectivity index (χ1n) is 7.66. The van der Waals surface area contributed by atoms with E-state index in [2.05, 4.69) is 33.4 Å². The molecular formula is C17H22BrNO. The molecule has 20 heavy (non-hydrogen) atoms. The fourth-order valence-electron chi connectivity index (χ4n) is 3.51. The molecule has 2 saturated carbocycles. The molecular weight excluding hydrogens is 314 g/mol. The first-order valence-corrected chi connectivity index (χ1v) is 8.78. The molecule has 1 N–H and O–H groups in total. The molecule has 3 rings (SSSR count). The third kappa shape index (κ3) is 2.65. The SMILES string of the molecule is O=C(NCC1CCCC1CBr)C1(c2ccccc2)CC1. The third-order valence-electron chi connectivity index (χ3n) is 5.05. The Morgan fingerprint density at radius 2 is 1.90 bits per heavy atom. The highest BCUT2D eigenvalue weighted by molar-refractivity contribution is 9.09. The summed E-state index contributed by atoms with van der Waals surface area (Å²) in [5.41, 5.74) is 0.963. The van der Waals surface area contributed by atoms with E-state index in [1.54, 1.807) is 0 Å². The Hall–Kier alpha value is -0.830. The molecule has 2 fully saturated rings. The summed E-state index contributed by atoms with van der Waals surface area (Å²) in [4.78, 5) is 12.6. The number of nitrogens with one attached hydrogen (secondary N) is 1. The molecule has 2 aliphatic rings. The van der Waals surface area contributed by atoms with Crippen LogP contribution in [0.25, 0.3) is 0 Å². The van der Waals surface area contributed by atoms with E-state index in [4.69, 9.17) is 0 Å². The summed E-state index contributed by atoms with van der Waals surface area (Å²) in [6.07, 6.45) is 5.86. The monoisotopic (exact) mass is 335 g/mol. The summed E-state index contributed by atoms with van der Waals surface area (Å²) >= 11 is 3.60. The highest BCUT2D eigenvalue weighted by Gasteiger charge is 2.51. The van der Waals surface area contributed by atoms with Crippen molar-refractivity contribution in [3.63, 3.8) is 0 Å². The number of benzene rings is 1. The standard InChI is InChI=1S/C17H22BrNO/c18-11-13-5-4-6-14(13)12-19-16(20)17(9-10-17)15-7-2-1-3-8-15/h1-3,7-8,13-14H,4-6,9-12H2,(H,19,20). The molecule has 0 heterocycles. The lowest BCUT2D eigenvalue weighted by molar-refractivity contribution is -0.123. The van der Waals surface area contributed by atoms with Crippen LogP contribution in [0.5, 0.6) is 0 Å². The predicted molar refractivity (Wildman–Crippen MR) is 85.0 cm³/mol. The number of rotatable bonds is 5. The average molecular weight is 336 g/mol. The fourth-order valence-corrected chi connectivity index (χ4v) is 4.36. The number of halogens is 1. The summed E-state index contributed by atoms with van der Waals surface area (Å²) in [6, 6.07) is 10.2. The van der Waals surface area contributed by atoms with E-state index < -0.39 is 0 Å². The molecule has 1 amide bonds. The fraction of sp³-hybridized carbons (Fsp3) is 0.588. The van der Waals surface area contributed by atoms with Crippen LogP contribution in [0.4, 0.5) is 0 Å². The molecule has 0 radical (unpaired) electrons. The maximum absolute atomic E-state index is 12.6. The van der Waals surface area contributed by atoms with E-state index in [1.807, 2.05) is 18.2 Å². The maximum Gasteiger partial charge on any atom is 0.230 e. The van der Waals surface area contributed by atoms with Gasteiger partial charge in [-0.05, 0) is 43.1 Å². The van der Waals surface area contributed by atoms with Crippen LogP contribution in [0, 0.1) is 11.8 Å². The molecule has 0 aliphatic heterocycles. The number of hydrogen-bond donors (Lipinski definition) is 1. The minimum Gasteiger partial charge on any atom is -0.355 e. The quantitative estimate of drug-likeness (QED) is 0.817. The van der Waals surface area contributed by atoms with Gasteiger partial charge in [0.15, 0.2) is 0 Å². The Morgan fingerprint density at radius 1 is 1.20 bits per heavy atom. The van der Waals surface area contributed by atoms with Gasteiger partial charge >= 0.3 is 0 Å². The van der Waals surface area contributed by atoms with Gasteiger partial charge in [0.1, 0.15) is 0 Å². The van der Waals surface area contributed by atoms with E-state index >= 15 is 0 Å². The van der Waals surface area contributed by atoms with Crippen molar-refractivity contribution in [1.82, 2.24) is 5.32 Å². The van der Waals surface area contributed by atoms with Gasteiger partial charge in [0.25, 0.3) is 0 Å². The van der Waals surface area contributed by atoms with Crippen molar-refractivity contribution in [3.8, 4) is 0 Å². The van der Waals surface area contributed by atoms with Crippen molar-refractivity contribution in [3.05, 3.63) is 35.9 Å². The molecule has 2 aliphatic carbocycles. The predicted octanol–water partition coefficient (Wildman–Crippen LogP) is 3.65. The third-order valence-corrected chi connectivity index (χ3v) is 5.88. The lowest BCUT2D eigenvalue weighted by Crippen LogP contribution is -2.38. The van der Waals surface area contributed by atoms with Crippen LogP contribution in [-0.2, 0) is 10.2 Å². The van der Waals surface area contributed by atoms with E-state index in [9.17, 15) is 4.79 Å². The van der Waals surface area contributed by atoms with Crippen LogP contribution >= 0.6 is 15.9 Å². The molecule has 2 atom stereocenters. The molecule has 0 aromatic heterocycles. The Bertz CT molecular complexity index is 469. The molecule has 0 saturated heterocycles. The summed E-state index contributed by atoms with van der Waals surface area (Å²) in [5, 5.41) is 4.30. The van der Waals surface area contributed by atoms with E-state index in [0.717, 1.165) is 30.6 Å². The van der Waals surface area contributed by atoms with Crippen LogP contribution in [0.3, 0.4) is 0 Å². The van der Waals surface area contributed by atoms with Crippen molar-refractivity contribution in [2.45, 2.75) is 37.5 Å². The van der Waals surface area contributed by atoms with Gasteiger partial charge in [0.2, 0.25) is 5.91 Å². The van der Waals surface area contributed by atoms with Gasteiger partial charge in [-0.3, -0.25) is 4.79 Å². The number of amides is 1. The summed E-state index contributed by atoms with van der Waals surface area (Å²) in [6.45, 7) is 0.851. The maximum atomic E-state index is 12.6. The van der Waals surface area contributed by atoms with Crippen LogP contribution in [0.15, 0.2) is 30.3 Å². The molecule has 1 aromatic rings. The van der Waals surface area contributed by atoms with E-state index in [-0.39, 0.29) is 11.3 Å². The van der Waals surface area contributed by atoms with Gasteiger partial charge in [-0.15, -0.1) is 0 Å². The van der Waals surface area contributed by atoms with Gasteiger partial charge in [-0.25, -0.2) is 0 Å². The highest BCUT2D eigenvalue weighted by Crippen LogP contribution is 2.48. The van der Waals surface area contributed by atoms with Crippen molar-refractivity contribution in [1.29, 1.82) is 0 Å². The lowest BCUT2D eigenvalue weighted by Gasteiger charge is -2.21. The van der Waals surface area contributed by atoms with Gasteiger partial charge in [0, 0.05) is 11.9 Å². The van der Waals surface area contributed by atoms with Crippen LogP contribution in [-0.4, -0.2) is 17.8 Å². The van der Waals surface area contributed by atoms with Crippen molar-refractivity contribution in [2.24, 2.45) is 11.8 Å². The smallest absolute Gasteiger partial charge is 0.230 e. The van der Waals surface area contributed by atoms with Crippen molar-refractivity contribution < 1.29 is 4.79 Å². The lowest BCUT2D eigenvalue weighted by atomic mass is 9.94. The molecule has 1 aromatic carbocycles. The average Bonchev–Trinajstić information content (AvgIpc) is 3.19. The van der Waals surface area contributed by atoms with Crippen LogP contribution in [0.2, 0.25) is 0 Å². The Labute approximate surface area is 129 Å². The minimum absolute atomic E-state index is 0.218. The molecule has 108 valence electrons. The molecule has 0 bridgehead atoms. The van der Waals surface area contributed by atoms with Crippen molar-refractivity contribution >= 4 is 21.8 Å². The first-order chi connectivity index (χ1) is 9.76. The van der Waals surface area contributed by atoms with Gasteiger partial charge in [-0.2, -0.15) is 0 Å². The Morgan fingerprint density at radius 3 is 2.55 bits per heavy atom. The zero-order chi connectivity index (χ0) is 14.0. The number of alkyl halides is 1. The highest BCUT2D eigenvalue weighted by atomic mass is 79.9.